The number of nitriles is 2. The van der Waals surface area contributed by atoms with Crippen molar-refractivity contribution in [3.05, 3.63) is 76.0 Å². The number of rotatable bonds is 4. The first-order valence-corrected chi connectivity index (χ1v) is 10.6. The van der Waals surface area contributed by atoms with Gasteiger partial charge in [0, 0.05) is 11.3 Å². The van der Waals surface area contributed by atoms with Crippen molar-refractivity contribution in [2.75, 3.05) is 5.32 Å². The van der Waals surface area contributed by atoms with Crippen LogP contribution in [-0.2, 0) is 0 Å². The van der Waals surface area contributed by atoms with Gasteiger partial charge in [0.2, 0.25) is 0 Å². The summed E-state index contributed by atoms with van der Waals surface area (Å²) in [6.07, 6.45) is -0.283. The number of aromatic amines is 1. The third-order valence-corrected chi connectivity index (χ3v) is 5.84. The molecule has 2 unspecified atom stereocenters. The number of fused-ring (bicyclic) bond motifs is 1. The molecule has 2 N–H and O–H groups in total. The number of benzene rings is 2. The summed E-state index contributed by atoms with van der Waals surface area (Å²) in [7, 11) is 0. The minimum Gasteiger partial charge on any atom is -0.483 e. The molecule has 1 aliphatic rings. The molecule has 7 heteroatoms. The van der Waals surface area contributed by atoms with Crippen LogP contribution < -0.4 is 10.1 Å². The highest BCUT2D eigenvalue weighted by atomic mass is 79.9. The maximum atomic E-state index is 9.21. The number of aryl methyl sites for hydroxylation is 2. The molecule has 0 saturated heterocycles. The van der Waals surface area contributed by atoms with Gasteiger partial charge >= 0.3 is 0 Å². The molecule has 0 bridgehead atoms. The SMILES string of the molecule is Cc1cc(C#N)cc(C)c1OC1c2cc(Nc3ccc(C#N)cc3)[nH]c2C(Br)=NC1C. The van der Waals surface area contributed by atoms with Crippen LogP contribution in [0, 0.1) is 36.5 Å². The lowest BCUT2D eigenvalue weighted by molar-refractivity contribution is 0.177. The van der Waals surface area contributed by atoms with E-state index < -0.39 is 0 Å². The van der Waals surface area contributed by atoms with E-state index in [0.717, 1.165) is 44.3 Å². The second-order valence-electron chi connectivity index (χ2n) is 7.58. The maximum Gasteiger partial charge on any atom is 0.148 e. The minimum absolute atomic E-state index is 0.102. The van der Waals surface area contributed by atoms with E-state index in [4.69, 9.17) is 15.0 Å². The fraction of sp³-hybridized carbons (Fsp3) is 0.208. The second kappa shape index (κ2) is 8.29. The van der Waals surface area contributed by atoms with Gasteiger partial charge in [-0.2, -0.15) is 10.5 Å². The highest BCUT2D eigenvalue weighted by Gasteiger charge is 2.32. The predicted molar refractivity (Wildman–Crippen MR) is 124 cm³/mol. The molecule has 2 heterocycles. The van der Waals surface area contributed by atoms with Gasteiger partial charge in [0.05, 0.1) is 35.0 Å². The van der Waals surface area contributed by atoms with Gasteiger partial charge in [-0.15, -0.1) is 0 Å². The van der Waals surface area contributed by atoms with E-state index in [9.17, 15) is 5.26 Å². The number of aliphatic imine (C=N–C) groups is 1. The van der Waals surface area contributed by atoms with Crippen molar-refractivity contribution >= 4 is 32.1 Å². The summed E-state index contributed by atoms with van der Waals surface area (Å²) in [4.78, 5) is 8.07. The first kappa shape index (κ1) is 20.7. The second-order valence-corrected chi connectivity index (χ2v) is 8.33. The van der Waals surface area contributed by atoms with Crippen molar-refractivity contribution in [3.63, 3.8) is 0 Å². The molecule has 2 aromatic carbocycles. The largest absolute Gasteiger partial charge is 0.483 e. The Balaban J connectivity index is 1.66. The Morgan fingerprint density at radius 3 is 2.29 bits per heavy atom. The molecule has 3 aromatic rings. The van der Waals surface area contributed by atoms with Crippen molar-refractivity contribution in [1.82, 2.24) is 4.98 Å². The molecule has 154 valence electrons. The van der Waals surface area contributed by atoms with Crippen molar-refractivity contribution < 1.29 is 4.74 Å². The van der Waals surface area contributed by atoms with E-state index in [-0.39, 0.29) is 12.1 Å². The third kappa shape index (κ3) is 4.05. The first-order chi connectivity index (χ1) is 14.9. The Morgan fingerprint density at radius 1 is 1.03 bits per heavy atom. The standard InChI is InChI=1S/C24H20BrN5O/c1-13-8-17(12-27)9-14(2)22(13)31-23-15(3)28-24(25)21-19(23)10-20(30-21)29-18-6-4-16(11-26)5-7-18/h4-10,15,23,29-30H,1-3H3. The van der Waals surface area contributed by atoms with Gasteiger partial charge in [0.1, 0.15) is 22.3 Å². The Labute approximate surface area is 189 Å². The quantitative estimate of drug-likeness (QED) is 0.501. The van der Waals surface area contributed by atoms with Crippen LogP contribution in [0.3, 0.4) is 0 Å². The van der Waals surface area contributed by atoms with Crippen molar-refractivity contribution in [3.8, 4) is 17.9 Å². The van der Waals surface area contributed by atoms with Crippen molar-refractivity contribution in [2.24, 2.45) is 4.99 Å². The van der Waals surface area contributed by atoms with Gasteiger partial charge in [-0.25, -0.2) is 0 Å². The Hall–Kier alpha value is -3.55. The molecule has 1 aromatic heterocycles. The molecule has 0 aliphatic carbocycles. The van der Waals surface area contributed by atoms with Crippen LogP contribution in [0.25, 0.3) is 0 Å². The fourth-order valence-electron chi connectivity index (χ4n) is 3.78. The number of anilines is 2. The molecular formula is C24H20BrN5O. The number of nitrogens with one attached hydrogen (secondary N) is 2. The van der Waals surface area contributed by atoms with Gasteiger partial charge in [-0.1, -0.05) is 0 Å². The van der Waals surface area contributed by atoms with Crippen LogP contribution >= 0.6 is 15.9 Å². The van der Waals surface area contributed by atoms with E-state index in [2.05, 4.69) is 38.4 Å². The average molecular weight is 474 g/mol. The van der Waals surface area contributed by atoms with Gasteiger partial charge in [-0.3, -0.25) is 4.99 Å². The van der Waals surface area contributed by atoms with E-state index in [0.29, 0.717) is 11.1 Å². The van der Waals surface area contributed by atoms with E-state index in [1.54, 1.807) is 12.1 Å². The molecule has 1 aliphatic heterocycles. The number of hydrogen-bond donors (Lipinski definition) is 2. The van der Waals surface area contributed by atoms with Crippen LogP contribution in [0.1, 0.15) is 46.5 Å². The Kier molecular flexibility index (Phi) is 5.54. The van der Waals surface area contributed by atoms with Crippen LogP contribution in [0.15, 0.2) is 47.5 Å². The number of H-pyrrole nitrogens is 1. The summed E-state index contributed by atoms with van der Waals surface area (Å²) in [5, 5.41) is 21.5. The summed E-state index contributed by atoms with van der Waals surface area (Å²) in [6, 6.07) is 17.2. The zero-order valence-electron chi connectivity index (χ0n) is 17.3. The molecule has 0 spiro atoms. The molecule has 2 atom stereocenters. The van der Waals surface area contributed by atoms with Crippen LogP contribution in [0.4, 0.5) is 11.5 Å². The molecule has 0 radical (unpaired) electrons. The molecule has 31 heavy (non-hydrogen) atoms. The number of hydrogen-bond acceptors (Lipinski definition) is 5. The van der Waals surface area contributed by atoms with Gasteiger partial charge in [0.15, 0.2) is 0 Å². The van der Waals surface area contributed by atoms with Gasteiger partial charge < -0.3 is 15.0 Å². The number of aromatic nitrogens is 1. The average Bonchev–Trinajstić information content (AvgIpc) is 3.17. The molecular weight excluding hydrogens is 454 g/mol. The highest BCUT2D eigenvalue weighted by molar-refractivity contribution is 9.18. The number of nitrogens with zero attached hydrogens (tertiary/aromatic N) is 3. The zero-order valence-corrected chi connectivity index (χ0v) is 18.9. The number of ether oxygens (including phenoxy) is 1. The molecule has 0 saturated carbocycles. The van der Waals surface area contributed by atoms with Crippen LogP contribution in [-0.4, -0.2) is 15.6 Å². The molecule has 0 fully saturated rings. The first-order valence-electron chi connectivity index (χ1n) is 9.81. The van der Waals surface area contributed by atoms with E-state index >= 15 is 0 Å². The van der Waals surface area contributed by atoms with Crippen molar-refractivity contribution in [2.45, 2.75) is 32.9 Å². The summed E-state index contributed by atoms with van der Waals surface area (Å²) in [6.45, 7) is 5.92. The smallest absolute Gasteiger partial charge is 0.148 e. The Morgan fingerprint density at radius 2 is 1.68 bits per heavy atom. The zero-order chi connectivity index (χ0) is 22.1. The molecule has 6 nitrogen and oxygen atoms in total. The summed E-state index contributed by atoms with van der Waals surface area (Å²) in [5.41, 5.74) is 5.81. The lowest BCUT2D eigenvalue weighted by Crippen LogP contribution is -2.26. The van der Waals surface area contributed by atoms with Crippen LogP contribution in [0.2, 0.25) is 0 Å². The fourth-order valence-corrected chi connectivity index (χ4v) is 4.43. The van der Waals surface area contributed by atoms with E-state index in [1.807, 2.05) is 51.1 Å². The normalized spacial score (nSPS) is 17.2. The Bertz CT molecular complexity index is 1240. The molecule has 4 rings (SSSR count). The maximum absolute atomic E-state index is 9.21. The third-order valence-electron chi connectivity index (χ3n) is 5.24. The van der Waals surface area contributed by atoms with Gasteiger partial charge in [-0.05, 0) is 90.3 Å². The lowest BCUT2D eigenvalue weighted by Gasteiger charge is -2.28. The van der Waals surface area contributed by atoms with Gasteiger partial charge in [0.25, 0.3) is 0 Å². The topological polar surface area (TPSA) is 97.0 Å². The highest BCUT2D eigenvalue weighted by Crippen LogP contribution is 2.38. The predicted octanol–water partition coefficient (Wildman–Crippen LogP) is 5.78. The van der Waals surface area contributed by atoms with E-state index in [1.165, 1.54) is 0 Å². The molecule has 0 amide bonds. The summed E-state index contributed by atoms with van der Waals surface area (Å²) >= 11 is 3.57. The minimum atomic E-state index is -0.283. The monoisotopic (exact) mass is 473 g/mol. The number of halogens is 1. The van der Waals surface area contributed by atoms with Crippen LogP contribution in [0.5, 0.6) is 5.75 Å². The summed E-state index contributed by atoms with van der Waals surface area (Å²) < 4.78 is 7.22. The lowest BCUT2D eigenvalue weighted by atomic mass is 10.0. The van der Waals surface area contributed by atoms with Crippen molar-refractivity contribution in [1.29, 1.82) is 10.5 Å². The summed E-state index contributed by atoms with van der Waals surface area (Å²) in [5.74, 6) is 1.58.